The van der Waals surface area contributed by atoms with Crippen LogP contribution in [0.3, 0.4) is 0 Å². The predicted octanol–water partition coefficient (Wildman–Crippen LogP) is 5.72. The summed E-state index contributed by atoms with van der Waals surface area (Å²) >= 11 is 0. The molecule has 0 aliphatic heterocycles. The van der Waals surface area contributed by atoms with Gasteiger partial charge in [-0.15, -0.1) is 10.2 Å². The Morgan fingerprint density at radius 1 is 1.06 bits per heavy atom. The lowest BCUT2D eigenvalue weighted by Gasteiger charge is -2.05. The summed E-state index contributed by atoms with van der Waals surface area (Å²) < 4.78 is 5.50. The molecule has 4 rings (SSSR count). The summed E-state index contributed by atoms with van der Waals surface area (Å²) in [4.78, 5) is 15.0. The maximum absolute atomic E-state index is 12.1. The van der Waals surface area contributed by atoms with Gasteiger partial charge in [0.25, 0.3) is 0 Å². The number of nitrogens with one attached hydrogen (secondary N) is 1. The maximum Gasteiger partial charge on any atom is 0.302 e. The van der Waals surface area contributed by atoms with E-state index in [4.69, 9.17) is 10.00 Å². The monoisotopic (exact) mass is 424 g/mol. The minimum Gasteiger partial charge on any atom is -0.493 e. The van der Waals surface area contributed by atoms with Crippen LogP contribution >= 0.6 is 0 Å². The van der Waals surface area contributed by atoms with E-state index in [0.29, 0.717) is 16.7 Å². The first-order chi connectivity index (χ1) is 15.4. The predicted molar refractivity (Wildman–Crippen MR) is 121 cm³/mol. The first-order valence-corrected chi connectivity index (χ1v) is 9.94. The number of amides is 1. The van der Waals surface area contributed by atoms with Crippen LogP contribution in [0.4, 0.5) is 5.69 Å². The molecule has 0 aliphatic carbocycles. The number of nitrogens with zero attached hydrogens (tertiary/aromatic N) is 3. The van der Waals surface area contributed by atoms with Gasteiger partial charge in [-0.3, -0.25) is 4.79 Å². The molecule has 1 aromatic heterocycles. The van der Waals surface area contributed by atoms with Gasteiger partial charge in [0.1, 0.15) is 5.75 Å². The molecule has 0 bridgehead atoms. The third-order valence-corrected chi connectivity index (χ3v) is 5.03. The summed E-state index contributed by atoms with van der Waals surface area (Å²) in [6.07, 6.45) is 0. The number of fused-ring (bicyclic) bond motifs is 1. The topological polar surface area (TPSA) is 111 Å². The molecule has 0 aliphatic rings. The van der Waals surface area contributed by atoms with E-state index in [1.165, 1.54) is 0 Å². The van der Waals surface area contributed by atoms with E-state index in [2.05, 4.69) is 21.3 Å². The molecule has 2 N–H and O–H groups in total. The van der Waals surface area contributed by atoms with Crippen molar-refractivity contribution in [3.63, 3.8) is 0 Å². The lowest BCUT2D eigenvalue weighted by atomic mass is 10.0. The van der Waals surface area contributed by atoms with Crippen molar-refractivity contribution in [1.82, 2.24) is 4.98 Å². The summed E-state index contributed by atoms with van der Waals surface area (Å²) in [5, 5.41) is 27.4. The molecule has 3 aromatic carbocycles. The number of aromatic hydroxyl groups is 1. The Labute approximate surface area is 184 Å². The first kappa shape index (κ1) is 20.8. The van der Waals surface area contributed by atoms with Crippen molar-refractivity contribution < 1.29 is 14.6 Å². The SMILES string of the molecule is Cc1cc(C)c2[nH]c(O)c(N=NC(=O)COc3ccc(-c4ccc(C#N)cc4)cc3)c2c1. The molecule has 7 nitrogen and oxygen atoms in total. The minimum atomic E-state index is -0.570. The minimum absolute atomic E-state index is 0.135. The number of carbonyl (C=O) groups excluding carboxylic acids is 1. The number of aromatic amines is 1. The van der Waals surface area contributed by atoms with Crippen molar-refractivity contribution in [1.29, 1.82) is 5.26 Å². The number of ether oxygens (including phenoxy) is 1. The Hall–Kier alpha value is -4.44. The van der Waals surface area contributed by atoms with Gasteiger partial charge in [0.05, 0.1) is 17.1 Å². The average molecular weight is 424 g/mol. The molecular formula is C25H20N4O3. The molecule has 32 heavy (non-hydrogen) atoms. The maximum atomic E-state index is 12.1. The van der Waals surface area contributed by atoms with E-state index in [1.807, 2.05) is 50.2 Å². The third kappa shape index (κ3) is 4.35. The summed E-state index contributed by atoms with van der Waals surface area (Å²) in [5.41, 5.74) is 5.52. The van der Waals surface area contributed by atoms with Gasteiger partial charge in [0, 0.05) is 5.39 Å². The van der Waals surface area contributed by atoms with Crippen molar-refractivity contribution in [2.45, 2.75) is 13.8 Å². The number of aromatic nitrogens is 1. The van der Waals surface area contributed by atoms with E-state index < -0.39 is 5.91 Å². The molecule has 0 fully saturated rings. The third-order valence-electron chi connectivity index (χ3n) is 5.03. The number of aryl methyl sites for hydroxylation is 2. The highest BCUT2D eigenvalue weighted by molar-refractivity contribution is 5.96. The normalized spacial score (nSPS) is 11.0. The summed E-state index contributed by atoms with van der Waals surface area (Å²) in [7, 11) is 0. The van der Waals surface area contributed by atoms with Crippen LogP contribution in [-0.2, 0) is 4.79 Å². The van der Waals surface area contributed by atoms with E-state index in [-0.39, 0.29) is 18.2 Å². The second-order valence-electron chi connectivity index (χ2n) is 7.42. The largest absolute Gasteiger partial charge is 0.493 e. The van der Waals surface area contributed by atoms with Gasteiger partial charge < -0.3 is 14.8 Å². The van der Waals surface area contributed by atoms with E-state index in [1.54, 1.807) is 24.3 Å². The average Bonchev–Trinajstić information content (AvgIpc) is 3.12. The molecule has 0 radical (unpaired) electrons. The van der Waals surface area contributed by atoms with Crippen LogP contribution in [0.2, 0.25) is 0 Å². The van der Waals surface area contributed by atoms with Crippen molar-refractivity contribution in [2.24, 2.45) is 10.2 Å². The molecule has 0 atom stereocenters. The number of azo groups is 1. The van der Waals surface area contributed by atoms with Gasteiger partial charge in [0.2, 0.25) is 5.88 Å². The van der Waals surface area contributed by atoms with Crippen molar-refractivity contribution in [3.05, 3.63) is 77.4 Å². The summed E-state index contributed by atoms with van der Waals surface area (Å²) in [6, 6.07) is 20.5. The molecule has 0 saturated carbocycles. The zero-order chi connectivity index (χ0) is 22.7. The van der Waals surface area contributed by atoms with Gasteiger partial charge in [0.15, 0.2) is 12.3 Å². The number of H-pyrrole nitrogens is 1. The molecule has 0 unspecified atom stereocenters. The Morgan fingerprint density at radius 2 is 1.72 bits per heavy atom. The van der Waals surface area contributed by atoms with Crippen LogP contribution in [0.15, 0.2) is 70.9 Å². The van der Waals surface area contributed by atoms with Gasteiger partial charge in [-0.05, 0) is 60.9 Å². The molecule has 158 valence electrons. The Morgan fingerprint density at radius 3 is 2.38 bits per heavy atom. The fourth-order valence-electron chi connectivity index (χ4n) is 3.49. The highest BCUT2D eigenvalue weighted by Gasteiger charge is 2.13. The smallest absolute Gasteiger partial charge is 0.302 e. The summed E-state index contributed by atoms with van der Waals surface area (Å²) in [5.74, 6) is -0.184. The van der Waals surface area contributed by atoms with E-state index >= 15 is 0 Å². The highest BCUT2D eigenvalue weighted by atomic mass is 16.5. The summed E-state index contributed by atoms with van der Waals surface area (Å²) in [6.45, 7) is 3.60. The Kier molecular flexibility index (Phi) is 5.69. The van der Waals surface area contributed by atoms with Crippen LogP contribution < -0.4 is 4.74 Å². The number of hydrogen-bond acceptors (Lipinski definition) is 5. The highest BCUT2D eigenvalue weighted by Crippen LogP contribution is 2.37. The standard InChI is InChI=1S/C25H20N4O3/c1-15-11-16(2)23-21(12-15)24(25(31)27-23)29-28-22(30)14-32-20-9-7-19(8-10-20)18-5-3-17(13-26)4-6-18/h3-12,27,31H,14H2,1-2H3. The van der Waals surface area contributed by atoms with Crippen LogP contribution in [0.1, 0.15) is 16.7 Å². The van der Waals surface area contributed by atoms with E-state index in [0.717, 1.165) is 27.8 Å². The zero-order valence-corrected chi connectivity index (χ0v) is 17.6. The zero-order valence-electron chi connectivity index (χ0n) is 17.6. The first-order valence-electron chi connectivity index (χ1n) is 9.94. The van der Waals surface area contributed by atoms with Crippen LogP contribution in [0, 0.1) is 25.2 Å². The van der Waals surface area contributed by atoms with E-state index in [9.17, 15) is 9.90 Å². The van der Waals surface area contributed by atoms with Gasteiger partial charge in [-0.2, -0.15) is 5.26 Å². The second kappa shape index (κ2) is 8.74. The van der Waals surface area contributed by atoms with Gasteiger partial charge in [-0.1, -0.05) is 35.9 Å². The van der Waals surface area contributed by atoms with Crippen molar-refractivity contribution in [2.75, 3.05) is 6.61 Å². The van der Waals surface area contributed by atoms with Crippen molar-refractivity contribution in [3.8, 4) is 28.8 Å². The fraction of sp³-hybridized carbons (Fsp3) is 0.120. The number of carbonyl (C=O) groups is 1. The number of benzene rings is 3. The van der Waals surface area contributed by atoms with Gasteiger partial charge in [-0.25, -0.2) is 0 Å². The molecule has 1 heterocycles. The quantitative estimate of drug-likeness (QED) is 0.399. The molecular weight excluding hydrogens is 404 g/mol. The lowest BCUT2D eigenvalue weighted by molar-refractivity contribution is -0.120. The van der Waals surface area contributed by atoms with Crippen LogP contribution in [0.5, 0.6) is 11.6 Å². The molecule has 1 amide bonds. The molecule has 0 spiro atoms. The number of rotatable bonds is 5. The molecule has 0 saturated heterocycles. The molecule has 7 heteroatoms. The Bertz CT molecular complexity index is 1360. The Balaban J connectivity index is 1.41. The number of hydrogen-bond donors (Lipinski definition) is 2. The second-order valence-corrected chi connectivity index (χ2v) is 7.42. The van der Waals surface area contributed by atoms with Crippen LogP contribution in [0.25, 0.3) is 22.0 Å². The fourth-order valence-corrected chi connectivity index (χ4v) is 3.49. The number of nitriles is 1. The van der Waals surface area contributed by atoms with Crippen LogP contribution in [-0.4, -0.2) is 22.6 Å². The lowest BCUT2D eigenvalue weighted by Crippen LogP contribution is -2.07. The van der Waals surface area contributed by atoms with Crippen molar-refractivity contribution >= 4 is 22.5 Å². The van der Waals surface area contributed by atoms with Gasteiger partial charge >= 0.3 is 5.91 Å². The molecule has 4 aromatic rings.